The van der Waals surface area contributed by atoms with Gasteiger partial charge in [0.05, 0.1) is 18.6 Å². The highest BCUT2D eigenvalue weighted by atomic mass is 19.1. The van der Waals surface area contributed by atoms with Crippen molar-refractivity contribution in [3.8, 4) is 0 Å². The quantitative estimate of drug-likeness (QED) is 0.560. The number of hydrogen-bond acceptors (Lipinski definition) is 6. The first-order chi connectivity index (χ1) is 14.9. The number of carbonyl (C=O) groups excluding carboxylic acids is 4. The maximum Gasteiger partial charge on any atom is 0.338 e. The molecule has 0 heterocycles. The SMILES string of the molecule is CCCOC(=O)c1ccc(NC(=O)COC(=O)CCC(=O)Nc2ccc(F)cc2)cc1. The van der Waals surface area contributed by atoms with Gasteiger partial charge in [0.2, 0.25) is 5.91 Å². The molecular weight excluding hydrogens is 407 g/mol. The average Bonchev–Trinajstić information content (AvgIpc) is 2.76. The van der Waals surface area contributed by atoms with Crippen LogP contribution in [0.25, 0.3) is 0 Å². The Bertz CT molecular complexity index is 913. The van der Waals surface area contributed by atoms with E-state index in [4.69, 9.17) is 9.47 Å². The number of nitrogens with one attached hydrogen (secondary N) is 2. The maximum atomic E-state index is 12.8. The van der Waals surface area contributed by atoms with Crippen molar-refractivity contribution in [1.82, 2.24) is 0 Å². The van der Waals surface area contributed by atoms with Gasteiger partial charge in [0.25, 0.3) is 5.91 Å². The van der Waals surface area contributed by atoms with Crippen LogP contribution >= 0.6 is 0 Å². The normalized spacial score (nSPS) is 10.1. The fourth-order valence-electron chi connectivity index (χ4n) is 2.36. The van der Waals surface area contributed by atoms with Gasteiger partial charge in [-0.15, -0.1) is 0 Å². The molecule has 2 aromatic rings. The Morgan fingerprint density at radius 1 is 0.806 bits per heavy atom. The van der Waals surface area contributed by atoms with Gasteiger partial charge in [-0.25, -0.2) is 9.18 Å². The van der Waals surface area contributed by atoms with Crippen LogP contribution in [0.2, 0.25) is 0 Å². The van der Waals surface area contributed by atoms with Crippen molar-refractivity contribution in [3.05, 3.63) is 59.9 Å². The van der Waals surface area contributed by atoms with Crippen LogP contribution in [0.4, 0.5) is 15.8 Å². The van der Waals surface area contributed by atoms with Gasteiger partial charge >= 0.3 is 11.9 Å². The number of rotatable bonds is 10. The van der Waals surface area contributed by atoms with Gasteiger partial charge in [0.1, 0.15) is 5.82 Å². The maximum absolute atomic E-state index is 12.8. The third kappa shape index (κ3) is 8.65. The number of anilines is 2. The summed E-state index contributed by atoms with van der Waals surface area (Å²) in [7, 11) is 0. The minimum atomic E-state index is -0.710. The number of hydrogen-bond donors (Lipinski definition) is 2. The fourth-order valence-corrected chi connectivity index (χ4v) is 2.36. The molecule has 9 heteroatoms. The van der Waals surface area contributed by atoms with Crippen molar-refractivity contribution in [1.29, 1.82) is 0 Å². The molecule has 164 valence electrons. The van der Waals surface area contributed by atoms with Gasteiger partial charge in [-0.2, -0.15) is 0 Å². The van der Waals surface area contributed by atoms with Crippen LogP contribution in [-0.4, -0.2) is 37.0 Å². The summed E-state index contributed by atoms with van der Waals surface area (Å²) in [5.41, 5.74) is 1.19. The molecule has 0 aliphatic carbocycles. The Morgan fingerprint density at radius 2 is 1.39 bits per heavy atom. The second kappa shape index (κ2) is 12.1. The van der Waals surface area contributed by atoms with Crippen LogP contribution in [0.5, 0.6) is 0 Å². The molecule has 31 heavy (non-hydrogen) atoms. The first kappa shape index (κ1) is 23.5. The van der Waals surface area contributed by atoms with Crippen molar-refractivity contribution in [2.24, 2.45) is 0 Å². The van der Waals surface area contributed by atoms with E-state index in [1.165, 1.54) is 48.5 Å². The van der Waals surface area contributed by atoms with Crippen LogP contribution in [0.3, 0.4) is 0 Å². The highest BCUT2D eigenvalue weighted by Crippen LogP contribution is 2.11. The molecule has 0 radical (unpaired) electrons. The van der Waals surface area contributed by atoms with Crippen molar-refractivity contribution < 1.29 is 33.0 Å². The smallest absolute Gasteiger partial charge is 0.338 e. The van der Waals surface area contributed by atoms with Gasteiger partial charge in [0, 0.05) is 17.8 Å². The third-order valence-electron chi connectivity index (χ3n) is 3.89. The lowest BCUT2D eigenvalue weighted by Crippen LogP contribution is -2.21. The molecule has 0 bridgehead atoms. The zero-order valence-corrected chi connectivity index (χ0v) is 17.0. The van der Waals surface area contributed by atoms with Crippen LogP contribution in [0, 0.1) is 5.82 Å². The van der Waals surface area contributed by atoms with Crippen LogP contribution < -0.4 is 10.6 Å². The molecule has 0 unspecified atom stereocenters. The monoisotopic (exact) mass is 430 g/mol. The number of carbonyl (C=O) groups is 4. The Hall–Kier alpha value is -3.75. The van der Waals surface area contributed by atoms with E-state index >= 15 is 0 Å². The fraction of sp³-hybridized carbons (Fsp3) is 0.273. The molecule has 8 nitrogen and oxygen atoms in total. The van der Waals surface area contributed by atoms with Gasteiger partial charge in [-0.3, -0.25) is 14.4 Å². The molecule has 0 aliphatic rings. The molecule has 2 amide bonds. The average molecular weight is 430 g/mol. The van der Waals surface area contributed by atoms with Gasteiger partial charge in [-0.1, -0.05) is 6.92 Å². The van der Waals surface area contributed by atoms with Gasteiger partial charge in [0.15, 0.2) is 6.61 Å². The van der Waals surface area contributed by atoms with E-state index in [9.17, 15) is 23.6 Å². The van der Waals surface area contributed by atoms with Gasteiger partial charge in [-0.05, 0) is 55.0 Å². The van der Waals surface area contributed by atoms with E-state index in [0.29, 0.717) is 23.5 Å². The summed E-state index contributed by atoms with van der Waals surface area (Å²) in [4.78, 5) is 47.1. The molecule has 0 aromatic heterocycles. The number of halogens is 1. The van der Waals surface area contributed by atoms with Crippen molar-refractivity contribution in [2.45, 2.75) is 26.2 Å². The van der Waals surface area contributed by atoms with E-state index in [-0.39, 0.29) is 12.8 Å². The first-order valence-electron chi connectivity index (χ1n) is 9.65. The third-order valence-corrected chi connectivity index (χ3v) is 3.89. The molecule has 0 aliphatic heterocycles. The predicted molar refractivity (Wildman–Crippen MR) is 111 cm³/mol. The number of esters is 2. The Labute approximate surface area is 178 Å². The highest BCUT2D eigenvalue weighted by molar-refractivity contribution is 5.95. The summed E-state index contributed by atoms with van der Waals surface area (Å²) in [6.07, 6.45) is 0.361. The topological polar surface area (TPSA) is 111 Å². The standard InChI is InChI=1S/C22H23FN2O6/c1-2-13-30-22(29)15-3-7-17(8-4-15)25-20(27)14-31-21(28)12-11-19(26)24-18-9-5-16(23)6-10-18/h3-10H,2,11-14H2,1H3,(H,24,26)(H,25,27). The molecule has 0 saturated carbocycles. The lowest BCUT2D eigenvalue weighted by molar-refractivity contribution is -0.147. The lowest BCUT2D eigenvalue weighted by atomic mass is 10.2. The van der Waals surface area contributed by atoms with Crippen molar-refractivity contribution >= 4 is 35.1 Å². The summed E-state index contributed by atoms with van der Waals surface area (Å²) >= 11 is 0. The zero-order valence-electron chi connectivity index (χ0n) is 17.0. The molecule has 0 fully saturated rings. The van der Waals surface area contributed by atoms with Crippen LogP contribution in [0.15, 0.2) is 48.5 Å². The van der Waals surface area contributed by atoms with E-state index < -0.39 is 36.2 Å². The van der Waals surface area contributed by atoms with Gasteiger partial charge < -0.3 is 20.1 Å². The number of benzene rings is 2. The van der Waals surface area contributed by atoms with Crippen molar-refractivity contribution in [3.63, 3.8) is 0 Å². The number of ether oxygens (including phenoxy) is 2. The molecule has 2 rings (SSSR count). The molecular formula is C22H23FN2O6. The zero-order chi connectivity index (χ0) is 22.6. The van der Waals surface area contributed by atoms with Crippen LogP contribution in [0.1, 0.15) is 36.5 Å². The highest BCUT2D eigenvalue weighted by Gasteiger charge is 2.12. The number of amides is 2. The largest absolute Gasteiger partial charge is 0.462 e. The second-order valence-electron chi connectivity index (χ2n) is 6.48. The molecule has 2 aromatic carbocycles. The summed E-state index contributed by atoms with van der Waals surface area (Å²) < 4.78 is 22.7. The molecule has 0 saturated heterocycles. The van der Waals surface area contributed by atoms with E-state index in [0.717, 1.165) is 6.42 Å². The van der Waals surface area contributed by atoms with E-state index in [1.54, 1.807) is 0 Å². The predicted octanol–water partition coefficient (Wildman–Crippen LogP) is 3.29. The van der Waals surface area contributed by atoms with E-state index in [1.807, 2.05) is 6.92 Å². The minimum absolute atomic E-state index is 0.145. The summed E-state index contributed by atoms with van der Waals surface area (Å²) in [6.45, 7) is 1.71. The molecule has 2 N–H and O–H groups in total. The summed E-state index contributed by atoms with van der Waals surface area (Å²) in [5, 5.41) is 5.05. The Kier molecular flexibility index (Phi) is 9.15. The summed E-state index contributed by atoms with van der Waals surface area (Å²) in [6, 6.07) is 11.3. The Balaban J connectivity index is 1.68. The summed E-state index contributed by atoms with van der Waals surface area (Å²) in [5.74, 6) is -2.59. The lowest BCUT2D eigenvalue weighted by Gasteiger charge is -2.08. The molecule has 0 spiro atoms. The van der Waals surface area contributed by atoms with Crippen LogP contribution in [-0.2, 0) is 23.9 Å². The van der Waals surface area contributed by atoms with E-state index in [2.05, 4.69) is 10.6 Å². The molecule has 0 atom stereocenters. The van der Waals surface area contributed by atoms with Crippen molar-refractivity contribution in [2.75, 3.05) is 23.8 Å². The second-order valence-corrected chi connectivity index (χ2v) is 6.48. The Morgan fingerprint density at radius 3 is 2.00 bits per heavy atom. The first-order valence-corrected chi connectivity index (χ1v) is 9.65. The minimum Gasteiger partial charge on any atom is -0.462 e.